The fourth-order valence-electron chi connectivity index (χ4n) is 2.92. The van der Waals surface area contributed by atoms with Crippen LogP contribution in [0.25, 0.3) is 0 Å². The second-order valence-electron chi connectivity index (χ2n) is 5.34. The van der Waals surface area contributed by atoms with Gasteiger partial charge in [0.05, 0.1) is 13.0 Å². The van der Waals surface area contributed by atoms with Gasteiger partial charge in [-0.1, -0.05) is 25.1 Å². The van der Waals surface area contributed by atoms with Crippen molar-refractivity contribution in [3.63, 3.8) is 0 Å². The molecule has 0 bridgehead atoms. The van der Waals surface area contributed by atoms with E-state index in [1.54, 1.807) is 12.0 Å². The van der Waals surface area contributed by atoms with Gasteiger partial charge in [-0.2, -0.15) is 0 Å². The maximum absolute atomic E-state index is 12.0. The molecule has 1 aromatic carbocycles. The van der Waals surface area contributed by atoms with Crippen molar-refractivity contribution in [2.45, 2.75) is 25.7 Å². The van der Waals surface area contributed by atoms with Gasteiger partial charge in [0.2, 0.25) is 5.91 Å². The average Bonchev–Trinajstić information content (AvgIpc) is 2.92. The molecular weight excluding hydrogens is 270 g/mol. The molecule has 0 spiro atoms. The molecule has 1 fully saturated rings. The Balaban J connectivity index is 2.28. The van der Waals surface area contributed by atoms with Crippen molar-refractivity contribution in [2.75, 3.05) is 20.2 Å². The van der Waals surface area contributed by atoms with Gasteiger partial charge in [0.1, 0.15) is 5.75 Å². The minimum absolute atomic E-state index is 0.0288. The van der Waals surface area contributed by atoms with E-state index in [2.05, 4.69) is 0 Å². The number of nitrogens with zero attached hydrogens (tertiary/aromatic N) is 1. The third-order valence-corrected chi connectivity index (χ3v) is 3.99. The van der Waals surface area contributed by atoms with Crippen molar-refractivity contribution in [3.8, 4) is 5.75 Å². The third-order valence-electron chi connectivity index (χ3n) is 3.99. The molecule has 1 aliphatic heterocycles. The third kappa shape index (κ3) is 3.17. The van der Waals surface area contributed by atoms with Gasteiger partial charge in [-0.05, 0) is 18.1 Å². The molecule has 1 aliphatic rings. The first-order valence-electron chi connectivity index (χ1n) is 7.22. The lowest BCUT2D eigenvalue weighted by molar-refractivity contribution is -0.141. The highest BCUT2D eigenvalue weighted by molar-refractivity contribution is 5.79. The summed E-state index contributed by atoms with van der Waals surface area (Å²) in [6.45, 7) is 2.66. The summed E-state index contributed by atoms with van der Waals surface area (Å²) >= 11 is 0. The normalized spacial score (nSPS) is 21.3. The molecule has 114 valence electrons. The number of likely N-dealkylation sites (tertiary alicyclic amines) is 1. The summed E-state index contributed by atoms with van der Waals surface area (Å²) in [4.78, 5) is 25.2. The van der Waals surface area contributed by atoms with Crippen LogP contribution in [0.3, 0.4) is 0 Å². The Hall–Kier alpha value is -2.04. The number of ether oxygens (including phenoxy) is 1. The largest absolute Gasteiger partial charge is 0.496 e. The van der Waals surface area contributed by atoms with E-state index in [1.807, 2.05) is 31.2 Å². The van der Waals surface area contributed by atoms with Crippen molar-refractivity contribution >= 4 is 11.9 Å². The quantitative estimate of drug-likeness (QED) is 0.902. The van der Waals surface area contributed by atoms with Crippen LogP contribution in [0.1, 0.15) is 31.2 Å². The van der Waals surface area contributed by atoms with Crippen LogP contribution in [0.15, 0.2) is 24.3 Å². The molecule has 1 aromatic rings. The van der Waals surface area contributed by atoms with Crippen LogP contribution in [0.5, 0.6) is 5.75 Å². The summed E-state index contributed by atoms with van der Waals surface area (Å²) in [6, 6.07) is 7.43. The molecule has 0 unspecified atom stereocenters. The smallest absolute Gasteiger partial charge is 0.308 e. The highest BCUT2D eigenvalue weighted by Crippen LogP contribution is 2.37. The van der Waals surface area contributed by atoms with E-state index in [9.17, 15) is 14.7 Å². The predicted molar refractivity (Wildman–Crippen MR) is 78.3 cm³/mol. The zero-order valence-corrected chi connectivity index (χ0v) is 12.4. The molecule has 0 aromatic heterocycles. The molecular formula is C16H21NO4. The van der Waals surface area contributed by atoms with Crippen LogP contribution in [-0.4, -0.2) is 42.1 Å². The Morgan fingerprint density at radius 2 is 2.05 bits per heavy atom. The Labute approximate surface area is 124 Å². The van der Waals surface area contributed by atoms with E-state index in [4.69, 9.17) is 4.74 Å². The minimum atomic E-state index is -0.863. The Morgan fingerprint density at radius 1 is 1.33 bits per heavy atom. The lowest BCUT2D eigenvalue weighted by atomic mass is 9.88. The topological polar surface area (TPSA) is 66.8 Å². The lowest BCUT2D eigenvalue weighted by Crippen LogP contribution is -2.29. The number of rotatable bonds is 5. The summed E-state index contributed by atoms with van der Waals surface area (Å²) in [5.74, 6) is -0.959. The van der Waals surface area contributed by atoms with Gasteiger partial charge in [0.15, 0.2) is 0 Å². The number of carbonyl (C=O) groups excluding carboxylic acids is 1. The number of hydrogen-bond donors (Lipinski definition) is 1. The fourth-order valence-corrected chi connectivity index (χ4v) is 2.92. The van der Waals surface area contributed by atoms with E-state index in [0.29, 0.717) is 18.7 Å². The van der Waals surface area contributed by atoms with E-state index < -0.39 is 11.9 Å². The van der Waals surface area contributed by atoms with Crippen molar-refractivity contribution < 1.29 is 19.4 Å². The summed E-state index contributed by atoms with van der Waals surface area (Å²) < 4.78 is 5.33. The average molecular weight is 291 g/mol. The first-order valence-corrected chi connectivity index (χ1v) is 7.22. The van der Waals surface area contributed by atoms with Gasteiger partial charge in [-0.25, -0.2) is 0 Å². The first kappa shape index (κ1) is 15.4. The van der Waals surface area contributed by atoms with Crippen molar-refractivity contribution in [1.29, 1.82) is 0 Å². The van der Waals surface area contributed by atoms with Gasteiger partial charge in [-0.15, -0.1) is 0 Å². The number of hydrogen-bond acceptors (Lipinski definition) is 3. The van der Waals surface area contributed by atoms with Crippen LogP contribution in [-0.2, 0) is 9.59 Å². The molecule has 1 heterocycles. The summed E-state index contributed by atoms with van der Waals surface area (Å²) in [7, 11) is 1.57. The standard InChI is InChI=1S/C16H21NO4/c1-3-6-15(18)17-9-12(13(10-17)16(19)20)11-7-4-5-8-14(11)21-2/h4-5,7-8,12-13H,3,6,9-10H2,1-2H3,(H,19,20)/t12-,13+/m0/s1. The number of para-hydroxylation sites is 1. The van der Waals surface area contributed by atoms with Crippen LogP contribution in [0.2, 0.25) is 0 Å². The second kappa shape index (κ2) is 6.61. The second-order valence-corrected chi connectivity index (χ2v) is 5.34. The van der Waals surface area contributed by atoms with Crippen LogP contribution in [0.4, 0.5) is 0 Å². The van der Waals surface area contributed by atoms with Crippen molar-refractivity contribution in [1.82, 2.24) is 4.90 Å². The summed E-state index contributed by atoms with van der Waals surface area (Å²) in [5, 5.41) is 9.46. The van der Waals surface area contributed by atoms with E-state index >= 15 is 0 Å². The number of methoxy groups -OCH3 is 1. The number of aliphatic carboxylic acids is 1. The van der Waals surface area contributed by atoms with Gasteiger partial charge in [0, 0.05) is 25.4 Å². The molecule has 1 N–H and O–H groups in total. The highest BCUT2D eigenvalue weighted by Gasteiger charge is 2.41. The zero-order valence-electron chi connectivity index (χ0n) is 12.4. The molecule has 5 heteroatoms. The molecule has 21 heavy (non-hydrogen) atoms. The summed E-state index contributed by atoms with van der Waals surface area (Å²) in [5.41, 5.74) is 0.860. The van der Waals surface area contributed by atoms with Crippen LogP contribution in [0, 0.1) is 5.92 Å². The Morgan fingerprint density at radius 3 is 2.67 bits per heavy atom. The van der Waals surface area contributed by atoms with Crippen LogP contribution < -0.4 is 4.74 Å². The number of carboxylic acids is 1. The molecule has 1 amide bonds. The molecule has 0 radical (unpaired) electrons. The number of carbonyl (C=O) groups is 2. The lowest BCUT2D eigenvalue weighted by Gasteiger charge is -2.18. The fraction of sp³-hybridized carbons (Fsp3) is 0.500. The minimum Gasteiger partial charge on any atom is -0.496 e. The van der Waals surface area contributed by atoms with E-state index in [1.165, 1.54) is 0 Å². The van der Waals surface area contributed by atoms with Gasteiger partial charge in [-0.3, -0.25) is 9.59 Å². The van der Waals surface area contributed by atoms with E-state index in [0.717, 1.165) is 12.0 Å². The maximum Gasteiger partial charge on any atom is 0.308 e. The SMILES string of the molecule is CCCC(=O)N1C[C@@H](C(=O)O)[C@H](c2ccccc2OC)C1. The summed E-state index contributed by atoms with van der Waals surface area (Å²) in [6.07, 6.45) is 1.23. The first-order chi connectivity index (χ1) is 10.1. The van der Waals surface area contributed by atoms with Gasteiger partial charge < -0.3 is 14.7 Å². The molecule has 2 atom stereocenters. The maximum atomic E-state index is 12.0. The van der Waals surface area contributed by atoms with Crippen molar-refractivity contribution in [3.05, 3.63) is 29.8 Å². The van der Waals surface area contributed by atoms with Crippen molar-refractivity contribution in [2.24, 2.45) is 5.92 Å². The number of benzene rings is 1. The van der Waals surface area contributed by atoms with Gasteiger partial charge in [0.25, 0.3) is 0 Å². The number of carboxylic acid groups (broad SMARTS) is 1. The number of amides is 1. The Kier molecular flexibility index (Phi) is 4.83. The predicted octanol–water partition coefficient (Wildman–Crippen LogP) is 2.12. The highest BCUT2D eigenvalue weighted by atomic mass is 16.5. The monoisotopic (exact) mass is 291 g/mol. The van der Waals surface area contributed by atoms with Gasteiger partial charge >= 0.3 is 5.97 Å². The molecule has 5 nitrogen and oxygen atoms in total. The zero-order chi connectivity index (χ0) is 15.4. The molecule has 0 saturated carbocycles. The Bertz CT molecular complexity index is 529. The molecule has 2 rings (SSSR count). The molecule has 1 saturated heterocycles. The van der Waals surface area contributed by atoms with Crippen LogP contribution >= 0.6 is 0 Å². The van der Waals surface area contributed by atoms with E-state index in [-0.39, 0.29) is 18.4 Å². The molecule has 0 aliphatic carbocycles.